The summed E-state index contributed by atoms with van der Waals surface area (Å²) in [5.41, 5.74) is 6.88. The van der Waals surface area contributed by atoms with Crippen LogP contribution in [0.4, 0.5) is 0 Å². The molecule has 0 aliphatic carbocycles. The van der Waals surface area contributed by atoms with Crippen molar-refractivity contribution in [1.82, 2.24) is 0 Å². The lowest BCUT2D eigenvalue weighted by molar-refractivity contribution is 0.368. The fourth-order valence-electron chi connectivity index (χ4n) is 1.36. The Hall–Kier alpha value is -0.930. The lowest BCUT2D eigenvalue weighted by atomic mass is 10.1. The molecule has 4 heteroatoms. The molecule has 0 saturated heterocycles. The Balaban J connectivity index is 3.27. The predicted octanol–water partition coefficient (Wildman–Crippen LogP) is 1.86. The number of hydrogen-bond acceptors (Lipinski definition) is 3. The minimum atomic E-state index is 0.139. The van der Waals surface area contributed by atoms with Crippen molar-refractivity contribution in [3.63, 3.8) is 0 Å². The van der Waals surface area contributed by atoms with Crippen molar-refractivity contribution in [2.45, 2.75) is 13.3 Å². The van der Waals surface area contributed by atoms with Gasteiger partial charge in [-0.15, -0.1) is 0 Å². The molecule has 3 N–H and O–H groups in total. The minimum absolute atomic E-state index is 0.139. The molecule has 1 aromatic rings. The van der Waals surface area contributed by atoms with Crippen LogP contribution in [0.3, 0.4) is 0 Å². The van der Waals surface area contributed by atoms with Gasteiger partial charge in [-0.3, -0.25) is 0 Å². The lowest BCUT2D eigenvalue weighted by Gasteiger charge is -2.12. The maximum atomic E-state index is 9.79. The van der Waals surface area contributed by atoms with Crippen LogP contribution in [0.1, 0.15) is 11.1 Å². The topological polar surface area (TPSA) is 55.5 Å². The van der Waals surface area contributed by atoms with Crippen LogP contribution in [0.2, 0.25) is 5.02 Å². The van der Waals surface area contributed by atoms with Crippen LogP contribution in [0.25, 0.3) is 0 Å². The Morgan fingerprint density at radius 1 is 1.57 bits per heavy atom. The first-order chi connectivity index (χ1) is 6.61. The summed E-state index contributed by atoms with van der Waals surface area (Å²) >= 11 is 5.97. The number of rotatable bonds is 3. The van der Waals surface area contributed by atoms with E-state index in [0.29, 0.717) is 23.7 Å². The fraction of sp³-hybridized carbons (Fsp3) is 0.400. The molecule has 0 fully saturated rings. The van der Waals surface area contributed by atoms with Gasteiger partial charge in [0.25, 0.3) is 0 Å². The molecule has 0 saturated carbocycles. The van der Waals surface area contributed by atoms with Crippen LogP contribution < -0.4 is 10.5 Å². The van der Waals surface area contributed by atoms with E-state index >= 15 is 0 Å². The summed E-state index contributed by atoms with van der Waals surface area (Å²) in [6.07, 6.45) is 0.586. The second kappa shape index (κ2) is 4.53. The average Bonchev–Trinajstić information content (AvgIpc) is 2.16. The molecule has 0 heterocycles. The highest BCUT2D eigenvalue weighted by Crippen LogP contribution is 2.37. The highest BCUT2D eigenvalue weighted by Gasteiger charge is 2.13. The fourth-order valence-corrected chi connectivity index (χ4v) is 1.57. The second-order valence-corrected chi connectivity index (χ2v) is 3.47. The van der Waals surface area contributed by atoms with E-state index in [9.17, 15) is 5.11 Å². The molecule has 0 aliphatic heterocycles. The van der Waals surface area contributed by atoms with E-state index in [0.717, 1.165) is 11.1 Å². The van der Waals surface area contributed by atoms with Gasteiger partial charge in [0.1, 0.15) is 0 Å². The molecule has 0 aromatic heterocycles. The van der Waals surface area contributed by atoms with E-state index in [4.69, 9.17) is 22.1 Å². The normalized spacial score (nSPS) is 10.3. The van der Waals surface area contributed by atoms with Gasteiger partial charge in [-0.25, -0.2) is 0 Å². The number of aromatic hydroxyl groups is 1. The number of phenolic OH excluding ortho intramolecular Hbond substituents is 1. The minimum Gasteiger partial charge on any atom is -0.504 e. The van der Waals surface area contributed by atoms with Crippen molar-refractivity contribution in [3.05, 3.63) is 22.2 Å². The maximum absolute atomic E-state index is 9.79. The third-order valence-electron chi connectivity index (χ3n) is 2.14. The molecule has 0 radical (unpaired) electrons. The molecule has 0 atom stereocenters. The van der Waals surface area contributed by atoms with Gasteiger partial charge in [-0.05, 0) is 26.0 Å². The Labute approximate surface area is 88.4 Å². The predicted molar refractivity (Wildman–Crippen MR) is 57.2 cm³/mol. The molecule has 1 rings (SSSR count). The summed E-state index contributed by atoms with van der Waals surface area (Å²) < 4.78 is 5.07. The summed E-state index contributed by atoms with van der Waals surface area (Å²) in [7, 11) is 1.50. The largest absolute Gasteiger partial charge is 0.504 e. The van der Waals surface area contributed by atoms with Crippen molar-refractivity contribution in [3.8, 4) is 11.5 Å². The van der Waals surface area contributed by atoms with Crippen molar-refractivity contribution < 1.29 is 9.84 Å². The van der Waals surface area contributed by atoms with Crippen LogP contribution in [-0.4, -0.2) is 18.8 Å². The number of ether oxygens (including phenoxy) is 1. The zero-order valence-corrected chi connectivity index (χ0v) is 9.06. The highest BCUT2D eigenvalue weighted by atomic mass is 35.5. The highest BCUT2D eigenvalue weighted by molar-refractivity contribution is 6.31. The van der Waals surface area contributed by atoms with Crippen LogP contribution in [0.15, 0.2) is 6.07 Å². The zero-order valence-electron chi connectivity index (χ0n) is 8.30. The summed E-state index contributed by atoms with van der Waals surface area (Å²) in [6, 6.07) is 1.72. The molecule has 0 unspecified atom stereocenters. The quantitative estimate of drug-likeness (QED) is 0.810. The van der Waals surface area contributed by atoms with Gasteiger partial charge in [0.15, 0.2) is 11.5 Å². The summed E-state index contributed by atoms with van der Waals surface area (Å²) in [5.74, 6) is 0.570. The Morgan fingerprint density at radius 2 is 2.21 bits per heavy atom. The third kappa shape index (κ3) is 1.94. The summed E-state index contributed by atoms with van der Waals surface area (Å²) in [6.45, 7) is 2.27. The monoisotopic (exact) mass is 215 g/mol. The maximum Gasteiger partial charge on any atom is 0.165 e. The zero-order chi connectivity index (χ0) is 10.7. The van der Waals surface area contributed by atoms with E-state index in [1.54, 1.807) is 13.0 Å². The molecule has 0 aliphatic rings. The number of halogens is 1. The molecular formula is C10H14ClNO2. The molecule has 0 spiro atoms. The molecule has 0 amide bonds. The first-order valence-electron chi connectivity index (χ1n) is 4.36. The van der Waals surface area contributed by atoms with Crippen molar-refractivity contribution in [2.24, 2.45) is 5.73 Å². The first-order valence-corrected chi connectivity index (χ1v) is 4.74. The van der Waals surface area contributed by atoms with Gasteiger partial charge < -0.3 is 15.6 Å². The Morgan fingerprint density at radius 3 is 2.71 bits per heavy atom. The SMILES string of the molecule is COc1c(C)c(Cl)cc(CCN)c1O. The van der Waals surface area contributed by atoms with Crippen molar-refractivity contribution in [2.75, 3.05) is 13.7 Å². The van der Waals surface area contributed by atoms with E-state index < -0.39 is 0 Å². The van der Waals surface area contributed by atoms with E-state index in [-0.39, 0.29) is 5.75 Å². The molecular weight excluding hydrogens is 202 g/mol. The number of hydrogen-bond donors (Lipinski definition) is 2. The van der Waals surface area contributed by atoms with Crippen molar-refractivity contribution >= 4 is 11.6 Å². The summed E-state index contributed by atoms with van der Waals surface area (Å²) in [5, 5.41) is 10.4. The van der Waals surface area contributed by atoms with Crippen LogP contribution in [0, 0.1) is 6.92 Å². The molecule has 0 bridgehead atoms. The van der Waals surface area contributed by atoms with Crippen LogP contribution in [0.5, 0.6) is 11.5 Å². The third-order valence-corrected chi connectivity index (χ3v) is 2.53. The van der Waals surface area contributed by atoms with E-state index in [1.165, 1.54) is 7.11 Å². The second-order valence-electron chi connectivity index (χ2n) is 3.06. The van der Waals surface area contributed by atoms with Crippen LogP contribution >= 0.6 is 11.6 Å². The van der Waals surface area contributed by atoms with E-state index in [1.807, 2.05) is 0 Å². The Bertz CT molecular complexity index is 339. The van der Waals surface area contributed by atoms with Gasteiger partial charge in [0, 0.05) is 16.1 Å². The van der Waals surface area contributed by atoms with Crippen molar-refractivity contribution in [1.29, 1.82) is 0 Å². The Kier molecular flexibility index (Phi) is 3.61. The standard InChI is InChI=1S/C10H14ClNO2/c1-6-8(11)5-7(3-4-12)9(13)10(6)14-2/h5,13H,3-4,12H2,1-2H3. The van der Waals surface area contributed by atoms with Crippen LogP contribution in [-0.2, 0) is 6.42 Å². The van der Waals surface area contributed by atoms with Gasteiger partial charge >= 0.3 is 0 Å². The molecule has 3 nitrogen and oxygen atoms in total. The van der Waals surface area contributed by atoms with Gasteiger partial charge in [-0.1, -0.05) is 11.6 Å². The number of benzene rings is 1. The van der Waals surface area contributed by atoms with Gasteiger partial charge in [0.2, 0.25) is 0 Å². The average molecular weight is 216 g/mol. The smallest absolute Gasteiger partial charge is 0.165 e. The molecule has 1 aromatic carbocycles. The summed E-state index contributed by atoms with van der Waals surface area (Å²) in [4.78, 5) is 0. The molecule has 14 heavy (non-hydrogen) atoms. The lowest BCUT2D eigenvalue weighted by Crippen LogP contribution is -2.04. The number of phenols is 1. The van der Waals surface area contributed by atoms with Gasteiger partial charge in [-0.2, -0.15) is 0 Å². The number of methoxy groups -OCH3 is 1. The molecule has 78 valence electrons. The van der Waals surface area contributed by atoms with E-state index in [2.05, 4.69) is 0 Å². The number of nitrogens with two attached hydrogens (primary N) is 1. The first kappa shape index (κ1) is 11.1. The van der Waals surface area contributed by atoms with Gasteiger partial charge in [0.05, 0.1) is 7.11 Å².